The molecule has 0 aliphatic rings. The molecule has 0 aliphatic carbocycles. The van der Waals surface area contributed by atoms with E-state index in [1.165, 1.54) is 0 Å². The van der Waals surface area contributed by atoms with E-state index in [2.05, 4.69) is 24.9 Å². The highest BCUT2D eigenvalue weighted by molar-refractivity contribution is 7.99. The number of hydrogen-bond donors (Lipinski definition) is 1. The van der Waals surface area contributed by atoms with Gasteiger partial charge in [-0.25, -0.2) is 0 Å². The Balaban J connectivity index is 2.86. The summed E-state index contributed by atoms with van der Waals surface area (Å²) in [6, 6.07) is 8.19. The van der Waals surface area contributed by atoms with Crippen LogP contribution in [0.4, 0.5) is 5.69 Å². The zero-order chi connectivity index (χ0) is 11.8. The fraction of sp³-hybridized carbons (Fsp3) is 0.308. The Morgan fingerprint density at radius 1 is 1.56 bits per heavy atom. The molecule has 0 fully saturated rings. The van der Waals surface area contributed by atoms with E-state index in [9.17, 15) is 0 Å². The molecule has 0 aromatic heterocycles. The molecule has 0 unspecified atom stereocenters. The predicted molar refractivity (Wildman–Crippen MR) is 70.9 cm³/mol. The second kappa shape index (κ2) is 6.97. The Kier molecular flexibility index (Phi) is 5.52. The lowest BCUT2D eigenvalue weighted by molar-refractivity contribution is 1.07. The number of rotatable bonds is 6. The molecule has 0 saturated heterocycles. The number of thioether (sulfide) groups is 1. The first-order chi connectivity index (χ1) is 7.83. The lowest BCUT2D eigenvalue weighted by Crippen LogP contribution is -2.02. The number of hydrogen-bond acceptors (Lipinski definition) is 3. The first kappa shape index (κ1) is 12.7. The van der Waals surface area contributed by atoms with Crippen LogP contribution in [0, 0.1) is 11.3 Å². The van der Waals surface area contributed by atoms with Crippen LogP contribution in [0.25, 0.3) is 0 Å². The Labute approximate surface area is 101 Å². The molecule has 1 aromatic carbocycles. The maximum atomic E-state index is 9.16. The second-order valence-electron chi connectivity index (χ2n) is 3.23. The molecule has 16 heavy (non-hydrogen) atoms. The molecular formula is C13H16N2S. The number of benzene rings is 1. The highest BCUT2D eigenvalue weighted by Gasteiger charge is 2.06. The van der Waals surface area contributed by atoms with Crippen LogP contribution >= 0.6 is 11.8 Å². The molecule has 1 aromatic rings. The van der Waals surface area contributed by atoms with Gasteiger partial charge >= 0.3 is 0 Å². The van der Waals surface area contributed by atoms with Gasteiger partial charge in [0.15, 0.2) is 0 Å². The van der Waals surface area contributed by atoms with E-state index in [1.807, 2.05) is 24.3 Å². The van der Waals surface area contributed by atoms with Crippen LogP contribution in [0.2, 0.25) is 0 Å². The zero-order valence-corrected chi connectivity index (χ0v) is 10.3. The normalized spacial score (nSPS) is 9.50. The second-order valence-corrected chi connectivity index (χ2v) is 4.53. The average Bonchev–Trinajstić information content (AvgIpc) is 2.30. The van der Waals surface area contributed by atoms with E-state index in [1.54, 1.807) is 11.8 Å². The Bertz CT molecular complexity index is 393. The monoisotopic (exact) mass is 232 g/mol. The average molecular weight is 232 g/mol. The lowest BCUT2D eigenvalue weighted by atomic mass is 10.2. The van der Waals surface area contributed by atoms with Crippen molar-refractivity contribution in [3.05, 3.63) is 36.4 Å². The van der Waals surface area contributed by atoms with Gasteiger partial charge in [-0.2, -0.15) is 5.26 Å². The van der Waals surface area contributed by atoms with E-state index >= 15 is 0 Å². The minimum Gasteiger partial charge on any atom is -0.384 e. The van der Waals surface area contributed by atoms with Gasteiger partial charge in [0.1, 0.15) is 6.07 Å². The van der Waals surface area contributed by atoms with E-state index in [4.69, 9.17) is 5.26 Å². The Morgan fingerprint density at radius 2 is 2.38 bits per heavy atom. The Hall–Kier alpha value is -1.40. The van der Waals surface area contributed by atoms with E-state index < -0.39 is 0 Å². The molecule has 0 heterocycles. The molecule has 0 radical (unpaired) electrons. The summed E-state index contributed by atoms with van der Waals surface area (Å²) in [7, 11) is 0. The van der Waals surface area contributed by atoms with Gasteiger partial charge in [0.25, 0.3) is 0 Å². The summed E-state index contributed by atoms with van der Waals surface area (Å²) < 4.78 is 0. The SMILES string of the molecule is C=CCCNc1cccc(SCC)c1C#N. The van der Waals surface area contributed by atoms with Crippen LogP contribution in [0.15, 0.2) is 35.7 Å². The smallest absolute Gasteiger partial charge is 0.102 e. The number of nitriles is 1. The van der Waals surface area contributed by atoms with Crippen molar-refractivity contribution in [3.63, 3.8) is 0 Å². The van der Waals surface area contributed by atoms with Crippen LogP contribution in [-0.4, -0.2) is 12.3 Å². The first-order valence-electron chi connectivity index (χ1n) is 5.34. The van der Waals surface area contributed by atoms with Crippen LogP contribution in [0.5, 0.6) is 0 Å². The van der Waals surface area contributed by atoms with Crippen molar-refractivity contribution in [2.75, 3.05) is 17.6 Å². The van der Waals surface area contributed by atoms with Crippen LogP contribution in [0.3, 0.4) is 0 Å². The van der Waals surface area contributed by atoms with E-state index in [0.717, 1.165) is 34.9 Å². The van der Waals surface area contributed by atoms with Gasteiger partial charge in [-0.15, -0.1) is 18.3 Å². The van der Waals surface area contributed by atoms with Crippen molar-refractivity contribution in [1.29, 1.82) is 5.26 Å². The van der Waals surface area contributed by atoms with Crippen molar-refractivity contribution < 1.29 is 0 Å². The molecule has 1 rings (SSSR count). The van der Waals surface area contributed by atoms with Crippen LogP contribution < -0.4 is 5.32 Å². The standard InChI is InChI=1S/C13H16N2S/c1-3-5-9-15-12-7-6-8-13(16-4-2)11(12)10-14/h3,6-8,15H,1,4-5,9H2,2H3. The molecule has 0 saturated carbocycles. The van der Waals surface area contributed by atoms with Crippen molar-refractivity contribution >= 4 is 17.4 Å². The summed E-state index contributed by atoms with van der Waals surface area (Å²) in [5.74, 6) is 0.977. The van der Waals surface area contributed by atoms with Crippen molar-refractivity contribution in [2.24, 2.45) is 0 Å². The minimum absolute atomic E-state index is 0.749. The molecule has 0 atom stereocenters. The summed E-state index contributed by atoms with van der Waals surface area (Å²) in [6.45, 7) is 6.58. The van der Waals surface area contributed by atoms with Crippen LogP contribution in [0.1, 0.15) is 18.9 Å². The third-order valence-electron chi connectivity index (χ3n) is 2.10. The largest absolute Gasteiger partial charge is 0.384 e. The van der Waals surface area contributed by atoms with E-state index in [-0.39, 0.29) is 0 Å². The van der Waals surface area contributed by atoms with Crippen LogP contribution in [-0.2, 0) is 0 Å². The summed E-state index contributed by atoms with van der Waals surface area (Å²) in [5.41, 5.74) is 1.67. The summed E-state index contributed by atoms with van der Waals surface area (Å²) >= 11 is 1.70. The fourth-order valence-electron chi connectivity index (χ4n) is 1.38. The molecule has 1 N–H and O–H groups in total. The first-order valence-corrected chi connectivity index (χ1v) is 6.32. The van der Waals surface area contributed by atoms with Gasteiger partial charge in [0.2, 0.25) is 0 Å². The summed E-state index contributed by atoms with van der Waals surface area (Å²) in [5, 5.41) is 12.4. The molecule has 0 bridgehead atoms. The van der Waals surface area contributed by atoms with Crippen molar-refractivity contribution in [1.82, 2.24) is 0 Å². The third-order valence-corrected chi connectivity index (χ3v) is 3.04. The van der Waals surface area contributed by atoms with Gasteiger partial charge < -0.3 is 5.32 Å². The maximum Gasteiger partial charge on any atom is 0.102 e. The lowest BCUT2D eigenvalue weighted by Gasteiger charge is -2.09. The van der Waals surface area contributed by atoms with E-state index in [0.29, 0.717) is 0 Å². The topological polar surface area (TPSA) is 35.8 Å². The number of anilines is 1. The maximum absolute atomic E-state index is 9.16. The van der Waals surface area contributed by atoms with Gasteiger partial charge in [0.05, 0.1) is 11.3 Å². The molecule has 0 spiro atoms. The minimum atomic E-state index is 0.749. The fourth-order valence-corrected chi connectivity index (χ4v) is 2.16. The summed E-state index contributed by atoms with van der Waals surface area (Å²) in [4.78, 5) is 1.05. The predicted octanol–water partition coefficient (Wildman–Crippen LogP) is 3.66. The molecule has 2 nitrogen and oxygen atoms in total. The van der Waals surface area contributed by atoms with Crippen molar-refractivity contribution in [3.8, 4) is 6.07 Å². The highest BCUT2D eigenvalue weighted by atomic mass is 32.2. The molecule has 0 amide bonds. The van der Waals surface area contributed by atoms with Crippen molar-refractivity contribution in [2.45, 2.75) is 18.2 Å². The quantitative estimate of drug-likeness (QED) is 0.462. The third kappa shape index (κ3) is 3.32. The van der Waals surface area contributed by atoms with Gasteiger partial charge in [-0.05, 0) is 24.3 Å². The number of nitrogens with one attached hydrogen (secondary N) is 1. The molecule has 0 aliphatic heterocycles. The van der Waals surface area contributed by atoms with Gasteiger partial charge in [-0.3, -0.25) is 0 Å². The molecular weight excluding hydrogens is 216 g/mol. The molecule has 84 valence electrons. The number of nitrogens with zero attached hydrogens (tertiary/aromatic N) is 1. The summed E-state index contributed by atoms with van der Waals surface area (Å²) in [6.07, 6.45) is 2.76. The zero-order valence-electron chi connectivity index (χ0n) is 9.49. The van der Waals surface area contributed by atoms with Gasteiger partial charge in [-0.1, -0.05) is 19.1 Å². The Morgan fingerprint density at radius 3 is 3.00 bits per heavy atom. The highest BCUT2D eigenvalue weighted by Crippen LogP contribution is 2.27. The molecule has 3 heteroatoms. The van der Waals surface area contributed by atoms with Gasteiger partial charge in [0, 0.05) is 11.4 Å².